The van der Waals surface area contributed by atoms with Crippen LogP contribution < -0.4 is 19.6 Å². The number of benzene rings is 3. The molecule has 3 aromatic carbocycles. The SMILES string of the molecule is COc1cc(C=NNc2ccc([N+](=O)[O-])cc2S(=O)(=O)Nc2ccc(Cl)cc2)cc(OC)c1O. The van der Waals surface area contributed by atoms with Gasteiger partial charge >= 0.3 is 0 Å². The first-order chi connectivity index (χ1) is 16.1. The Morgan fingerprint density at radius 2 is 1.68 bits per heavy atom. The molecule has 3 rings (SSSR count). The number of anilines is 2. The third kappa shape index (κ3) is 5.66. The highest BCUT2D eigenvalue weighted by Crippen LogP contribution is 2.36. The zero-order valence-electron chi connectivity index (χ0n) is 17.9. The number of hydrogen-bond acceptors (Lipinski definition) is 9. The van der Waals surface area contributed by atoms with Gasteiger partial charge in [0.25, 0.3) is 15.7 Å². The summed E-state index contributed by atoms with van der Waals surface area (Å²) < 4.78 is 38.5. The zero-order valence-corrected chi connectivity index (χ0v) is 19.4. The van der Waals surface area contributed by atoms with Crippen molar-refractivity contribution < 1.29 is 27.9 Å². The van der Waals surface area contributed by atoms with Crippen LogP contribution in [0, 0.1) is 10.1 Å². The highest BCUT2D eigenvalue weighted by molar-refractivity contribution is 7.92. The number of nitro groups is 1. The van der Waals surface area contributed by atoms with Crippen LogP contribution in [0.1, 0.15) is 5.56 Å². The fraction of sp³-hybridized carbons (Fsp3) is 0.0952. The van der Waals surface area contributed by atoms with Gasteiger partial charge in [0, 0.05) is 28.4 Å². The minimum Gasteiger partial charge on any atom is -0.502 e. The first-order valence-corrected chi connectivity index (χ1v) is 11.3. The van der Waals surface area contributed by atoms with E-state index in [1.807, 2.05) is 0 Å². The van der Waals surface area contributed by atoms with Gasteiger partial charge in [0.1, 0.15) is 4.90 Å². The summed E-state index contributed by atoms with van der Waals surface area (Å²) in [6.07, 6.45) is 1.33. The van der Waals surface area contributed by atoms with E-state index in [4.69, 9.17) is 21.1 Å². The predicted octanol–water partition coefficient (Wildman–Crippen LogP) is 4.22. The van der Waals surface area contributed by atoms with Crippen molar-refractivity contribution in [3.05, 3.63) is 75.3 Å². The van der Waals surface area contributed by atoms with Crippen LogP contribution in [0.2, 0.25) is 5.02 Å². The summed E-state index contributed by atoms with van der Waals surface area (Å²) in [6.45, 7) is 0. The number of methoxy groups -OCH3 is 2. The summed E-state index contributed by atoms with van der Waals surface area (Å²) in [5.41, 5.74) is 2.83. The van der Waals surface area contributed by atoms with Crippen LogP contribution in [-0.2, 0) is 10.0 Å². The van der Waals surface area contributed by atoms with Crippen molar-refractivity contribution in [3.63, 3.8) is 0 Å². The summed E-state index contributed by atoms with van der Waals surface area (Å²) in [5, 5.41) is 25.6. The molecule has 3 aromatic rings. The van der Waals surface area contributed by atoms with Gasteiger partial charge in [0.05, 0.1) is 31.0 Å². The molecule has 0 unspecified atom stereocenters. The number of aromatic hydroxyl groups is 1. The fourth-order valence-electron chi connectivity index (χ4n) is 2.83. The highest BCUT2D eigenvalue weighted by atomic mass is 35.5. The first kappa shape index (κ1) is 24.6. The summed E-state index contributed by atoms with van der Waals surface area (Å²) in [4.78, 5) is 10.1. The van der Waals surface area contributed by atoms with Crippen LogP contribution >= 0.6 is 11.6 Å². The number of halogens is 1. The van der Waals surface area contributed by atoms with Crippen LogP contribution in [-0.4, -0.2) is 38.9 Å². The molecule has 0 aliphatic rings. The van der Waals surface area contributed by atoms with Crippen molar-refractivity contribution in [2.24, 2.45) is 5.10 Å². The molecule has 0 fully saturated rings. The number of ether oxygens (including phenoxy) is 2. The van der Waals surface area contributed by atoms with Crippen molar-refractivity contribution in [3.8, 4) is 17.2 Å². The Labute approximate surface area is 199 Å². The van der Waals surface area contributed by atoms with E-state index in [1.54, 1.807) is 0 Å². The van der Waals surface area contributed by atoms with Gasteiger partial charge in [0.15, 0.2) is 11.5 Å². The number of nitrogens with one attached hydrogen (secondary N) is 2. The van der Waals surface area contributed by atoms with E-state index >= 15 is 0 Å². The molecular weight excluding hydrogens is 488 g/mol. The van der Waals surface area contributed by atoms with Crippen molar-refractivity contribution >= 4 is 44.9 Å². The summed E-state index contributed by atoms with van der Waals surface area (Å²) >= 11 is 5.83. The standard InChI is InChI=1S/C21H19ClN4O7S/c1-32-18-9-13(10-19(33-2)21(18)27)12-23-24-17-8-7-16(26(28)29)11-20(17)34(30,31)25-15-5-3-14(22)4-6-15/h3-12,24-25,27H,1-2H3. The number of hydrogen-bond donors (Lipinski definition) is 3. The molecule has 0 saturated heterocycles. The molecule has 11 nitrogen and oxygen atoms in total. The van der Waals surface area contributed by atoms with Gasteiger partial charge in [-0.1, -0.05) is 11.6 Å². The molecule has 13 heteroatoms. The maximum atomic E-state index is 13.0. The lowest BCUT2D eigenvalue weighted by Gasteiger charge is -2.12. The fourth-order valence-corrected chi connectivity index (χ4v) is 4.19. The van der Waals surface area contributed by atoms with Gasteiger partial charge in [-0.25, -0.2) is 8.42 Å². The number of rotatable bonds is 9. The van der Waals surface area contributed by atoms with E-state index in [-0.39, 0.29) is 28.6 Å². The second kappa shape index (κ2) is 10.3. The van der Waals surface area contributed by atoms with E-state index in [1.165, 1.54) is 62.9 Å². The number of phenolic OH excluding ortho intramolecular Hbond substituents is 1. The van der Waals surface area contributed by atoms with E-state index in [0.29, 0.717) is 10.6 Å². The molecule has 0 radical (unpaired) electrons. The molecule has 34 heavy (non-hydrogen) atoms. The van der Waals surface area contributed by atoms with E-state index in [9.17, 15) is 23.6 Å². The van der Waals surface area contributed by atoms with Crippen molar-refractivity contribution in [1.82, 2.24) is 0 Å². The van der Waals surface area contributed by atoms with Crippen LogP contribution in [0.3, 0.4) is 0 Å². The van der Waals surface area contributed by atoms with Crippen molar-refractivity contribution in [1.29, 1.82) is 0 Å². The summed E-state index contributed by atoms with van der Waals surface area (Å²) in [7, 11) is -1.50. The maximum absolute atomic E-state index is 13.0. The quantitative estimate of drug-likeness (QED) is 0.221. The third-order valence-corrected chi connectivity index (χ3v) is 6.14. The number of nitrogens with zero attached hydrogens (tertiary/aromatic N) is 2. The van der Waals surface area contributed by atoms with E-state index in [2.05, 4.69) is 15.2 Å². The molecule has 3 N–H and O–H groups in total. The van der Waals surface area contributed by atoms with Gasteiger partial charge in [0.2, 0.25) is 5.75 Å². The molecule has 0 atom stereocenters. The predicted molar refractivity (Wildman–Crippen MR) is 128 cm³/mol. The summed E-state index contributed by atoms with van der Waals surface area (Å²) in [6, 6.07) is 12.2. The first-order valence-electron chi connectivity index (χ1n) is 9.45. The van der Waals surface area contributed by atoms with Crippen molar-refractivity contribution in [2.45, 2.75) is 4.90 Å². The normalized spacial score (nSPS) is 11.3. The molecule has 0 saturated carbocycles. The molecule has 0 bridgehead atoms. The number of phenols is 1. The summed E-state index contributed by atoms with van der Waals surface area (Å²) in [5.74, 6) is 0.102. The lowest BCUT2D eigenvalue weighted by Crippen LogP contribution is -2.15. The Balaban J connectivity index is 1.94. The lowest BCUT2D eigenvalue weighted by molar-refractivity contribution is -0.385. The van der Waals surface area contributed by atoms with E-state index < -0.39 is 25.5 Å². The smallest absolute Gasteiger partial charge is 0.270 e. The van der Waals surface area contributed by atoms with Crippen LogP contribution in [0.4, 0.5) is 17.1 Å². The Bertz CT molecular complexity index is 1320. The number of non-ortho nitro benzene ring substituents is 1. The van der Waals surface area contributed by atoms with Gasteiger partial charge < -0.3 is 14.6 Å². The van der Waals surface area contributed by atoms with Gasteiger partial charge in [-0.3, -0.25) is 20.3 Å². The minimum absolute atomic E-state index is 0.0129. The zero-order chi connectivity index (χ0) is 24.9. The van der Waals surface area contributed by atoms with E-state index in [0.717, 1.165) is 12.1 Å². The number of nitro benzene ring substituents is 1. The second-order valence-electron chi connectivity index (χ2n) is 6.69. The topological polar surface area (TPSA) is 152 Å². The average molecular weight is 507 g/mol. The monoisotopic (exact) mass is 506 g/mol. The Morgan fingerprint density at radius 1 is 1.06 bits per heavy atom. The second-order valence-corrected chi connectivity index (χ2v) is 8.78. The van der Waals surface area contributed by atoms with Gasteiger partial charge in [-0.2, -0.15) is 5.10 Å². The van der Waals surface area contributed by atoms with Crippen LogP contribution in [0.25, 0.3) is 0 Å². The molecule has 0 aliphatic heterocycles. The van der Waals surface area contributed by atoms with Gasteiger partial charge in [-0.05, 0) is 42.5 Å². The molecule has 0 amide bonds. The van der Waals surface area contributed by atoms with Crippen LogP contribution in [0.5, 0.6) is 17.2 Å². The Morgan fingerprint density at radius 3 is 2.24 bits per heavy atom. The maximum Gasteiger partial charge on any atom is 0.270 e. The lowest BCUT2D eigenvalue weighted by atomic mass is 10.2. The Kier molecular flexibility index (Phi) is 7.44. The average Bonchev–Trinajstić information content (AvgIpc) is 2.81. The molecule has 178 valence electrons. The molecule has 0 aliphatic carbocycles. The molecule has 0 spiro atoms. The van der Waals surface area contributed by atoms with Crippen LogP contribution in [0.15, 0.2) is 64.6 Å². The van der Waals surface area contributed by atoms with Gasteiger partial charge in [-0.15, -0.1) is 0 Å². The molecule has 0 aromatic heterocycles. The minimum atomic E-state index is -4.24. The molecular formula is C21H19ClN4O7S. The molecule has 0 heterocycles. The Hall–Kier alpha value is -4.03. The van der Waals surface area contributed by atoms with Crippen molar-refractivity contribution in [2.75, 3.05) is 24.4 Å². The third-order valence-electron chi connectivity index (χ3n) is 4.46. The number of sulfonamides is 1. The largest absolute Gasteiger partial charge is 0.502 e. The highest BCUT2D eigenvalue weighted by Gasteiger charge is 2.23. The number of hydrazone groups is 1.